The van der Waals surface area contributed by atoms with Crippen molar-refractivity contribution in [1.29, 1.82) is 0 Å². The number of aromatic amines is 1. The van der Waals surface area contributed by atoms with Crippen LogP contribution >= 0.6 is 57.7 Å². The van der Waals surface area contributed by atoms with Gasteiger partial charge in [0, 0.05) is 9.77 Å². The number of carbonyl (C=O) groups excluding carboxylic acids is 1. The lowest BCUT2D eigenvalue weighted by Gasteiger charge is -2.06. The first-order valence-electron chi connectivity index (χ1n) is 4.81. The number of hydrogen-bond acceptors (Lipinski definition) is 5. The first kappa shape index (κ1) is 14.8. The van der Waals surface area contributed by atoms with Gasteiger partial charge in [-0.3, -0.25) is 9.89 Å². The van der Waals surface area contributed by atoms with E-state index in [1.165, 1.54) is 17.5 Å². The molecule has 2 aromatic heterocycles. The summed E-state index contributed by atoms with van der Waals surface area (Å²) in [4.78, 5) is 15.5. The molecule has 0 aliphatic rings. The number of rotatable bonds is 3. The van der Waals surface area contributed by atoms with Crippen LogP contribution in [0.3, 0.4) is 0 Å². The molecule has 10 heteroatoms. The van der Waals surface area contributed by atoms with Crippen molar-refractivity contribution in [2.24, 2.45) is 0 Å². The first-order valence-corrected chi connectivity index (χ1v) is 7.49. The normalized spacial score (nSPS) is 10.5. The molecule has 0 atom stereocenters. The molecule has 0 saturated carbocycles. The number of H-pyrrole nitrogens is 1. The third-order valence-electron chi connectivity index (χ3n) is 2.04. The average Bonchev–Trinajstić information content (AvgIpc) is 2.78. The number of hydrogen-bond donors (Lipinski definition) is 2. The highest BCUT2D eigenvalue weighted by molar-refractivity contribution is 14.1. The molecule has 1 amide bonds. The van der Waals surface area contributed by atoms with Crippen molar-refractivity contribution in [3.8, 4) is 0 Å². The van der Waals surface area contributed by atoms with Gasteiger partial charge in [-0.15, -0.1) is 0 Å². The summed E-state index contributed by atoms with van der Waals surface area (Å²) in [5.74, 6) is -1.41. The Morgan fingerprint density at radius 3 is 3.05 bits per heavy atom. The summed E-state index contributed by atoms with van der Waals surface area (Å²) >= 11 is 13.5. The molecule has 0 unspecified atom stereocenters. The van der Waals surface area contributed by atoms with Crippen molar-refractivity contribution < 1.29 is 9.18 Å². The second-order valence-corrected chi connectivity index (χ2v) is 6.55. The molecule has 0 aromatic carbocycles. The summed E-state index contributed by atoms with van der Waals surface area (Å²) in [5.41, 5.74) is -0.125. The van der Waals surface area contributed by atoms with Crippen molar-refractivity contribution in [3.63, 3.8) is 0 Å². The van der Waals surface area contributed by atoms with E-state index in [1.54, 1.807) is 0 Å². The minimum atomic E-state index is -0.833. The molecule has 0 spiro atoms. The Labute approximate surface area is 134 Å². The molecule has 2 aromatic rings. The zero-order valence-electron chi connectivity index (χ0n) is 9.04. The molecular formula is C9H5ClFIN4OS2. The van der Waals surface area contributed by atoms with Crippen molar-refractivity contribution >= 4 is 63.7 Å². The number of carbonyl (C=O) groups is 1. The van der Waals surface area contributed by atoms with Gasteiger partial charge in [0.25, 0.3) is 5.91 Å². The predicted molar refractivity (Wildman–Crippen MR) is 80.4 cm³/mol. The van der Waals surface area contributed by atoms with Crippen molar-refractivity contribution in [2.75, 3.05) is 0 Å². The quantitative estimate of drug-likeness (QED) is 0.446. The summed E-state index contributed by atoms with van der Waals surface area (Å²) in [6.07, 6.45) is 1.33. The molecule has 0 fully saturated rings. The molecule has 0 saturated heterocycles. The number of pyridine rings is 1. The van der Waals surface area contributed by atoms with Crippen LogP contribution in [0.2, 0.25) is 5.15 Å². The highest BCUT2D eigenvalue weighted by atomic mass is 127. The molecule has 0 aliphatic carbocycles. The van der Waals surface area contributed by atoms with Gasteiger partial charge in [0.15, 0.2) is 14.9 Å². The van der Waals surface area contributed by atoms with E-state index in [0.29, 0.717) is 12.5 Å². The lowest BCUT2D eigenvalue weighted by atomic mass is 10.2. The number of aromatic nitrogens is 3. The summed E-state index contributed by atoms with van der Waals surface area (Å²) in [6.45, 7) is 0.159. The molecule has 0 aliphatic heterocycles. The monoisotopic (exact) mass is 430 g/mol. The van der Waals surface area contributed by atoms with E-state index < -0.39 is 11.7 Å². The van der Waals surface area contributed by atoms with Crippen molar-refractivity contribution in [2.45, 2.75) is 6.54 Å². The van der Waals surface area contributed by atoms with Gasteiger partial charge < -0.3 is 5.32 Å². The second kappa shape index (κ2) is 6.20. The number of halogens is 3. The molecule has 0 bridgehead atoms. The van der Waals surface area contributed by atoms with Gasteiger partial charge in [-0.25, -0.2) is 9.37 Å². The van der Waals surface area contributed by atoms with Crippen molar-refractivity contribution in [1.82, 2.24) is 20.5 Å². The predicted octanol–water partition coefficient (Wildman–Crippen LogP) is 2.92. The molecule has 2 N–H and O–H groups in total. The maximum absolute atomic E-state index is 13.7. The van der Waals surface area contributed by atoms with Crippen LogP contribution in [0.25, 0.3) is 0 Å². The minimum Gasteiger partial charge on any atom is -0.345 e. The Morgan fingerprint density at radius 1 is 1.68 bits per heavy atom. The van der Waals surface area contributed by atoms with Crippen LogP contribution in [-0.4, -0.2) is 21.1 Å². The van der Waals surface area contributed by atoms with Gasteiger partial charge in [0.1, 0.15) is 5.01 Å². The minimum absolute atomic E-state index is 0.125. The van der Waals surface area contributed by atoms with E-state index in [0.717, 1.165) is 0 Å². The van der Waals surface area contributed by atoms with Crippen molar-refractivity contribution in [3.05, 3.63) is 35.3 Å². The second-order valence-electron chi connectivity index (χ2n) is 3.28. The molecular weight excluding hydrogens is 426 g/mol. The molecule has 100 valence electrons. The first-order chi connectivity index (χ1) is 8.99. The fourth-order valence-corrected chi connectivity index (χ4v) is 2.87. The highest BCUT2D eigenvalue weighted by Gasteiger charge is 2.19. The topological polar surface area (TPSA) is 70.7 Å². The van der Waals surface area contributed by atoms with E-state index >= 15 is 0 Å². The SMILES string of the molecule is O=C(NCc1n[nH]c(=S)s1)c1c(I)cnc(Cl)c1F. The Hall–Kier alpha value is -0.650. The highest BCUT2D eigenvalue weighted by Crippen LogP contribution is 2.20. The van der Waals surface area contributed by atoms with Crippen LogP contribution in [-0.2, 0) is 6.54 Å². The van der Waals surface area contributed by atoms with Gasteiger partial charge in [0.2, 0.25) is 0 Å². The van der Waals surface area contributed by atoms with Gasteiger partial charge in [-0.1, -0.05) is 22.9 Å². The van der Waals surface area contributed by atoms with Gasteiger partial charge in [-0.2, -0.15) is 5.10 Å². The molecule has 19 heavy (non-hydrogen) atoms. The fourth-order valence-electron chi connectivity index (χ4n) is 1.23. The Kier molecular flexibility index (Phi) is 4.81. The fraction of sp³-hybridized carbons (Fsp3) is 0.111. The molecule has 5 nitrogen and oxygen atoms in total. The zero-order valence-corrected chi connectivity index (χ0v) is 13.6. The summed E-state index contributed by atoms with van der Waals surface area (Å²) in [7, 11) is 0. The maximum Gasteiger partial charge on any atom is 0.255 e. The largest absolute Gasteiger partial charge is 0.345 e. The van der Waals surface area contributed by atoms with Crippen LogP contribution < -0.4 is 5.32 Å². The third-order valence-corrected chi connectivity index (χ3v) is 4.21. The Morgan fingerprint density at radius 2 is 2.42 bits per heavy atom. The number of amides is 1. The Balaban J connectivity index is 2.16. The summed E-state index contributed by atoms with van der Waals surface area (Å²) in [6, 6.07) is 0. The lowest BCUT2D eigenvalue weighted by Crippen LogP contribution is -2.25. The smallest absolute Gasteiger partial charge is 0.255 e. The average molecular weight is 431 g/mol. The van der Waals surface area contributed by atoms with E-state index in [-0.39, 0.29) is 17.3 Å². The van der Waals surface area contributed by atoms with Crippen LogP contribution in [0.4, 0.5) is 4.39 Å². The summed E-state index contributed by atoms with van der Waals surface area (Å²) < 4.78 is 14.6. The number of nitrogens with zero attached hydrogens (tertiary/aromatic N) is 2. The van der Waals surface area contributed by atoms with Crippen LogP contribution in [0, 0.1) is 13.3 Å². The molecule has 0 radical (unpaired) electrons. The van der Waals surface area contributed by atoms with E-state index in [9.17, 15) is 9.18 Å². The van der Waals surface area contributed by atoms with Gasteiger partial charge in [0.05, 0.1) is 12.1 Å². The van der Waals surface area contributed by atoms with Gasteiger partial charge in [-0.05, 0) is 34.8 Å². The standard InChI is InChI=1S/C9H5ClFIN4OS2/c10-7-6(11)5(3(12)1-13-7)8(17)14-2-4-15-16-9(18)19-4/h1H,2H2,(H,14,17)(H,16,18). The van der Waals surface area contributed by atoms with Crippen LogP contribution in [0.15, 0.2) is 6.20 Å². The van der Waals surface area contributed by atoms with Crippen LogP contribution in [0.5, 0.6) is 0 Å². The lowest BCUT2D eigenvalue weighted by molar-refractivity contribution is 0.0945. The van der Waals surface area contributed by atoms with Gasteiger partial charge >= 0.3 is 0 Å². The van der Waals surface area contributed by atoms with E-state index in [1.807, 2.05) is 22.6 Å². The molecule has 2 heterocycles. The molecule has 2 rings (SSSR count). The summed E-state index contributed by atoms with van der Waals surface area (Å²) in [5, 5.41) is 9.30. The zero-order chi connectivity index (χ0) is 14.0. The third kappa shape index (κ3) is 3.46. The maximum atomic E-state index is 13.7. The van der Waals surface area contributed by atoms with Crippen LogP contribution in [0.1, 0.15) is 15.4 Å². The van der Waals surface area contributed by atoms with E-state index in [2.05, 4.69) is 20.5 Å². The number of nitrogens with one attached hydrogen (secondary N) is 2. The van der Waals surface area contributed by atoms with E-state index in [4.69, 9.17) is 23.8 Å². The Bertz CT molecular complexity index is 689.